The number of carbonyl (C=O) groups excluding carboxylic acids is 1. The van der Waals surface area contributed by atoms with Crippen molar-refractivity contribution in [3.63, 3.8) is 0 Å². The van der Waals surface area contributed by atoms with Crippen molar-refractivity contribution in [1.82, 2.24) is 14.9 Å². The summed E-state index contributed by atoms with van der Waals surface area (Å²) in [6.45, 7) is 2.78. The number of piperidine rings is 1. The predicted octanol–water partition coefficient (Wildman–Crippen LogP) is 0.433. The summed E-state index contributed by atoms with van der Waals surface area (Å²) < 4.78 is 1.65. The van der Waals surface area contributed by atoms with E-state index in [4.69, 9.17) is 0 Å². The van der Waals surface area contributed by atoms with Crippen molar-refractivity contribution >= 4 is 17.5 Å². The second kappa shape index (κ2) is 5.25. The van der Waals surface area contributed by atoms with Gasteiger partial charge < -0.3 is 20.3 Å². The maximum atomic E-state index is 11.1. The molecule has 1 aromatic rings. The molecule has 1 aliphatic rings. The molecule has 0 bridgehead atoms. The van der Waals surface area contributed by atoms with E-state index in [0.717, 1.165) is 19.4 Å². The number of hydrogen-bond acceptors (Lipinski definition) is 5. The minimum Gasteiger partial charge on any atom is -0.358 e. The Balaban J connectivity index is 2.19. The standard InChI is InChI=1S/C11H17N5O3/c1-8(17)13-9-4-3-5-15(6-9)11-10(16(18)19)12-7-14(11)2/h7,9H,3-6H2,1-2H3,(H,13,17). The SMILES string of the molecule is CC(=O)NC1CCCN(c2c([N+](=O)[O-])ncn2C)C1. The maximum Gasteiger partial charge on any atom is 0.406 e. The number of anilines is 1. The van der Waals surface area contributed by atoms with Gasteiger partial charge in [-0.2, -0.15) is 0 Å². The fourth-order valence-corrected chi connectivity index (χ4v) is 2.48. The van der Waals surface area contributed by atoms with Crippen LogP contribution in [0.15, 0.2) is 6.33 Å². The van der Waals surface area contributed by atoms with E-state index >= 15 is 0 Å². The smallest absolute Gasteiger partial charge is 0.358 e. The van der Waals surface area contributed by atoms with Crippen LogP contribution in [0, 0.1) is 10.1 Å². The van der Waals surface area contributed by atoms with E-state index in [1.807, 2.05) is 4.90 Å². The van der Waals surface area contributed by atoms with Gasteiger partial charge in [-0.25, -0.2) is 0 Å². The van der Waals surface area contributed by atoms with Crippen LogP contribution in [0.25, 0.3) is 0 Å². The number of nitro groups is 1. The van der Waals surface area contributed by atoms with Crippen LogP contribution in [0.4, 0.5) is 11.6 Å². The highest BCUT2D eigenvalue weighted by Gasteiger charge is 2.29. The molecule has 1 amide bonds. The Morgan fingerprint density at radius 2 is 2.37 bits per heavy atom. The van der Waals surface area contributed by atoms with Crippen LogP contribution >= 0.6 is 0 Å². The first-order valence-electron chi connectivity index (χ1n) is 6.16. The van der Waals surface area contributed by atoms with Gasteiger partial charge in [0.25, 0.3) is 0 Å². The summed E-state index contributed by atoms with van der Waals surface area (Å²) in [5, 5.41) is 13.8. The lowest BCUT2D eigenvalue weighted by Crippen LogP contribution is -2.47. The fourth-order valence-electron chi connectivity index (χ4n) is 2.48. The molecule has 1 saturated heterocycles. The van der Waals surface area contributed by atoms with Crippen molar-refractivity contribution < 1.29 is 9.72 Å². The van der Waals surface area contributed by atoms with Gasteiger partial charge in [0, 0.05) is 33.1 Å². The van der Waals surface area contributed by atoms with Crippen molar-refractivity contribution in [3.05, 3.63) is 16.4 Å². The van der Waals surface area contributed by atoms with Crippen LogP contribution < -0.4 is 10.2 Å². The van der Waals surface area contributed by atoms with Crippen molar-refractivity contribution in [1.29, 1.82) is 0 Å². The first-order valence-corrected chi connectivity index (χ1v) is 6.16. The molecule has 104 valence electrons. The molecule has 1 N–H and O–H groups in total. The molecule has 0 aliphatic carbocycles. The molecular weight excluding hydrogens is 250 g/mol. The Bertz CT molecular complexity index is 499. The van der Waals surface area contributed by atoms with Crippen LogP contribution in [-0.4, -0.2) is 39.5 Å². The zero-order valence-electron chi connectivity index (χ0n) is 11.0. The summed E-state index contributed by atoms with van der Waals surface area (Å²) in [6, 6.07) is 0.0285. The molecule has 1 aromatic heterocycles. The Morgan fingerprint density at radius 3 is 3.00 bits per heavy atom. The van der Waals surface area contributed by atoms with Crippen LogP contribution in [0.1, 0.15) is 19.8 Å². The third kappa shape index (κ3) is 2.83. The summed E-state index contributed by atoms with van der Waals surface area (Å²) in [4.78, 5) is 27.3. The molecule has 2 heterocycles. The second-order valence-electron chi connectivity index (χ2n) is 4.75. The maximum absolute atomic E-state index is 11.1. The molecule has 0 spiro atoms. The van der Waals surface area contributed by atoms with Gasteiger partial charge in [0.1, 0.15) is 0 Å². The average molecular weight is 267 g/mol. The van der Waals surface area contributed by atoms with Crippen molar-refractivity contribution in [3.8, 4) is 0 Å². The highest BCUT2D eigenvalue weighted by Crippen LogP contribution is 2.28. The number of aryl methyl sites for hydroxylation is 1. The largest absolute Gasteiger partial charge is 0.406 e. The molecule has 0 radical (unpaired) electrons. The van der Waals surface area contributed by atoms with Crippen LogP contribution in [0.3, 0.4) is 0 Å². The van der Waals surface area contributed by atoms with E-state index in [1.165, 1.54) is 13.3 Å². The van der Waals surface area contributed by atoms with Gasteiger partial charge in [-0.05, 0) is 22.7 Å². The molecule has 1 fully saturated rings. The van der Waals surface area contributed by atoms with Gasteiger partial charge in [-0.1, -0.05) is 0 Å². The monoisotopic (exact) mass is 267 g/mol. The van der Waals surface area contributed by atoms with Gasteiger partial charge in [0.05, 0.1) is 0 Å². The number of rotatable bonds is 3. The van der Waals surface area contributed by atoms with Gasteiger partial charge in [-0.15, -0.1) is 0 Å². The number of nitrogens with zero attached hydrogens (tertiary/aromatic N) is 4. The molecule has 19 heavy (non-hydrogen) atoms. The van der Waals surface area contributed by atoms with E-state index in [9.17, 15) is 14.9 Å². The molecule has 1 unspecified atom stereocenters. The van der Waals surface area contributed by atoms with Crippen molar-refractivity contribution in [2.75, 3.05) is 18.0 Å². The van der Waals surface area contributed by atoms with E-state index in [2.05, 4.69) is 10.3 Å². The topological polar surface area (TPSA) is 93.3 Å². The van der Waals surface area contributed by atoms with Crippen LogP contribution in [-0.2, 0) is 11.8 Å². The molecule has 1 aliphatic heterocycles. The summed E-state index contributed by atoms with van der Waals surface area (Å²) in [5.74, 6) is 0.289. The molecule has 0 saturated carbocycles. The predicted molar refractivity (Wildman–Crippen MR) is 68.9 cm³/mol. The highest BCUT2D eigenvalue weighted by molar-refractivity contribution is 5.73. The molecule has 8 nitrogen and oxygen atoms in total. The van der Waals surface area contributed by atoms with Gasteiger partial charge in [-0.3, -0.25) is 9.36 Å². The van der Waals surface area contributed by atoms with E-state index in [1.54, 1.807) is 11.6 Å². The lowest BCUT2D eigenvalue weighted by Gasteiger charge is -2.33. The first kappa shape index (κ1) is 13.3. The number of amides is 1. The van der Waals surface area contributed by atoms with Gasteiger partial charge in [0.2, 0.25) is 18.1 Å². The zero-order chi connectivity index (χ0) is 14.0. The summed E-state index contributed by atoms with van der Waals surface area (Å²) in [6.07, 6.45) is 3.21. The highest BCUT2D eigenvalue weighted by atomic mass is 16.6. The molecule has 2 rings (SSSR count). The lowest BCUT2D eigenvalue weighted by molar-refractivity contribution is -0.388. The number of carbonyl (C=O) groups is 1. The summed E-state index contributed by atoms with van der Waals surface area (Å²) in [5.41, 5.74) is 0. The summed E-state index contributed by atoms with van der Waals surface area (Å²) >= 11 is 0. The Morgan fingerprint density at radius 1 is 1.63 bits per heavy atom. The number of hydrogen-bond donors (Lipinski definition) is 1. The average Bonchev–Trinajstić information content (AvgIpc) is 2.70. The van der Waals surface area contributed by atoms with Gasteiger partial charge >= 0.3 is 5.82 Å². The molecule has 8 heteroatoms. The minimum atomic E-state index is -0.475. The summed E-state index contributed by atoms with van der Waals surface area (Å²) in [7, 11) is 1.73. The van der Waals surface area contributed by atoms with Crippen molar-refractivity contribution in [2.24, 2.45) is 7.05 Å². The Kier molecular flexibility index (Phi) is 3.68. The fraction of sp³-hybridized carbons (Fsp3) is 0.636. The molecule has 1 atom stereocenters. The van der Waals surface area contributed by atoms with Crippen LogP contribution in [0.2, 0.25) is 0 Å². The molecule has 0 aromatic carbocycles. The van der Waals surface area contributed by atoms with Crippen LogP contribution in [0.5, 0.6) is 0 Å². The molecular formula is C11H17N5O3. The van der Waals surface area contributed by atoms with E-state index in [0.29, 0.717) is 12.4 Å². The lowest BCUT2D eigenvalue weighted by atomic mass is 10.1. The second-order valence-corrected chi connectivity index (χ2v) is 4.75. The number of aromatic nitrogens is 2. The number of imidazole rings is 1. The van der Waals surface area contributed by atoms with E-state index < -0.39 is 4.92 Å². The van der Waals surface area contributed by atoms with E-state index in [-0.39, 0.29) is 17.8 Å². The number of nitrogens with one attached hydrogen (secondary N) is 1. The Hall–Kier alpha value is -2.12. The quantitative estimate of drug-likeness (QED) is 0.633. The van der Waals surface area contributed by atoms with Gasteiger partial charge in [0.15, 0.2) is 0 Å². The zero-order valence-corrected chi connectivity index (χ0v) is 11.0. The normalized spacial score (nSPS) is 19.3. The first-order chi connectivity index (χ1) is 8.99. The third-order valence-electron chi connectivity index (χ3n) is 3.19. The third-order valence-corrected chi connectivity index (χ3v) is 3.19. The minimum absolute atomic E-state index is 0.0285. The Labute approximate surface area is 110 Å². The van der Waals surface area contributed by atoms with Crippen molar-refractivity contribution in [2.45, 2.75) is 25.8 Å².